The monoisotopic (exact) mass is 316 g/mol. The number of aliphatic hydroxyl groups is 1. The first-order valence-corrected chi connectivity index (χ1v) is 7.57. The highest BCUT2D eigenvalue weighted by Gasteiger charge is 2.50. The van der Waals surface area contributed by atoms with Gasteiger partial charge in [-0.15, -0.1) is 0 Å². The van der Waals surface area contributed by atoms with Crippen molar-refractivity contribution in [2.45, 2.75) is 44.1 Å². The molecule has 0 amide bonds. The molecular formula is C16H23F3N2O. The average molecular weight is 316 g/mol. The maximum atomic E-state index is 12.7. The van der Waals surface area contributed by atoms with Crippen molar-refractivity contribution < 1.29 is 18.3 Å². The Morgan fingerprint density at radius 2 is 1.77 bits per heavy atom. The summed E-state index contributed by atoms with van der Waals surface area (Å²) in [7, 11) is 0. The van der Waals surface area contributed by atoms with Crippen LogP contribution in [0.25, 0.3) is 0 Å². The minimum absolute atomic E-state index is 0.312. The lowest BCUT2D eigenvalue weighted by Crippen LogP contribution is -2.54. The molecule has 1 saturated heterocycles. The molecule has 6 heteroatoms. The first-order valence-electron chi connectivity index (χ1n) is 7.57. The van der Waals surface area contributed by atoms with Gasteiger partial charge in [0.05, 0.1) is 0 Å². The van der Waals surface area contributed by atoms with Gasteiger partial charge in [0.25, 0.3) is 0 Å². The first kappa shape index (κ1) is 17.2. The van der Waals surface area contributed by atoms with E-state index in [0.717, 1.165) is 26.3 Å². The minimum atomic E-state index is -4.59. The van der Waals surface area contributed by atoms with E-state index in [1.165, 1.54) is 5.56 Å². The Morgan fingerprint density at radius 1 is 1.18 bits per heavy atom. The lowest BCUT2D eigenvalue weighted by atomic mass is 10.0. The Kier molecular flexibility index (Phi) is 5.47. The van der Waals surface area contributed by atoms with Crippen molar-refractivity contribution in [3.63, 3.8) is 0 Å². The fourth-order valence-corrected chi connectivity index (χ4v) is 2.68. The van der Waals surface area contributed by atoms with Gasteiger partial charge in [-0.1, -0.05) is 30.3 Å². The number of nitrogens with zero attached hydrogens (tertiary/aromatic N) is 1. The van der Waals surface area contributed by atoms with Crippen LogP contribution >= 0.6 is 0 Å². The van der Waals surface area contributed by atoms with Gasteiger partial charge in [0.15, 0.2) is 5.60 Å². The lowest BCUT2D eigenvalue weighted by Gasteiger charge is -2.37. The predicted octanol–water partition coefficient (Wildman–Crippen LogP) is 2.55. The Labute approximate surface area is 129 Å². The summed E-state index contributed by atoms with van der Waals surface area (Å²) in [6, 6.07) is 10.3. The molecule has 1 aliphatic heterocycles. The normalized spacial score (nSPS) is 20.8. The van der Waals surface area contributed by atoms with Gasteiger partial charge in [-0.3, -0.25) is 0 Å². The van der Waals surface area contributed by atoms with E-state index < -0.39 is 11.8 Å². The fourth-order valence-electron chi connectivity index (χ4n) is 2.68. The number of nitrogens with one attached hydrogen (secondary N) is 1. The predicted molar refractivity (Wildman–Crippen MR) is 79.4 cm³/mol. The standard InChI is InChI=1S/C16H23F3N2O/c1-15(22,16(17,18)19)12-21-9-7-14(8-10-21)20-11-13-5-3-2-4-6-13/h2-6,14,20,22H,7-12H2,1H3/t15-/m1/s1. The van der Waals surface area contributed by atoms with E-state index in [2.05, 4.69) is 5.32 Å². The summed E-state index contributed by atoms with van der Waals surface area (Å²) in [5.41, 5.74) is -1.44. The third-order valence-electron chi connectivity index (χ3n) is 4.17. The molecule has 1 atom stereocenters. The lowest BCUT2D eigenvalue weighted by molar-refractivity contribution is -0.258. The van der Waals surface area contributed by atoms with E-state index in [1.807, 2.05) is 30.3 Å². The molecule has 2 N–H and O–H groups in total. The Balaban J connectivity index is 1.74. The number of β-amino-alcohol motifs (C(OH)–C–C–N with tert-alkyl or cyclic N) is 1. The molecule has 0 aromatic heterocycles. The molecule has 2 rings (SSSR count). The van der Waals surface area contributed by atoms with Crippen LogP contribution in [0.4, 0.5) is 13.2 Å². The number of likely N-dealkylation sites (tertiary alicyclic amines) is 1. The van der Waals surface area contributed by atoms with Crippen LogP contribution in [0.1, 0.15) is 25.3 Å². The summed E-state index contributed by atoms with van der Waals surface area (Å²) in [5, 5.41) is 13.0. The van der Waals surface area contributed by atoms with Gasteiger partial charge in [-0.25, -0.2) is 0 Å². The summed E-state index contributed by atoms with van der Waals surface area (Å²) in [6.07, 6.45) is -3.00. The molecule has 0 radical (unpaired) electrons. The molecule has 1 fully saturated rings. The minimum Gasteiger partial charge on any atom is -0.380 e. The molecule has 3 nitrogen and oxygen atoms in total. The summed E-state index contributed by atoms with van der Waals surface area (Å²) in [4.78, 5) is 1.69. The van der Waals surface area contributed by atoms with Crippen molar-refractivity contribution in [3.8, 4) is 0 Å². The third kappa shape index (κ3) is 4.69. The molecule has 124 valence electrons. The Hall–Kier alpha value is -1.11. The van der Waals surface area contributed by atoms with Crippen molar-refractivity contribution >= 4 is 0 Å². The molecule has 1 aliphatic rings. The summed E-state index contributed by atoms with van der Waals surface area (Å²) < 4.78 is 38.1. The van der Waals surface area contributed by atoms with Crippen molar-refractivity contribution in [2.24, 2.45) is 0 Å². The van der Waals surface area contributed by atoms with Crippen LogP contribution in [0, 0.1) is 0 Å². The Bertz CT molecular complexity index is 454. The van der Waals surface area contributed by atoms with Gasteiger partial charge in [0.2, 0.25) is 0 Å². The smallest absolute Gasteiger partial charge is 0.380 e. The quantitative estimate of drug-likeness (QED) is 0.876. The molecule has 22 heavy (non-hydrogen) atoms. The van der Waals surface area contributed by atoms with Crippen LogP contribution in [-0.2, 0) is 6.54 Å². The van der Waals surface area contributed by atoms with Crippen molar-refractivity contribution in [1.29, 1.82) is 0 Å². The van der Waals surface area contributed by atoms with Gasteiger partial charge in [-0.05, 0) is 38.4 Å². The molecule has 0 saturated carbocycles. The van der Waals surface area contributed by atoms with Crippen molar-refractivity contribution in [1.82, 2.24) is 10.2 Å². The van der Waals surface area contributed by atoms with Crippen LogP contribution in [0.3, 0.4) is 0 Å². The zero-order chi connectivity index (χ0) is 16.2. The zero-order valence-electron chi connectivity index (χ0n) is 12.7. The third-order valence-corrected chi connectivity index (χ3v) is 4.17. The second-order valence-corrected chi connectivity index (χ2v) is 6.19. The average Bonchev–Trinajstić information content (AvgIpc) is 2.46. The highest BCUT2D eigenvalue weighted by atomic mass is 19.4. The maximum Gasteiger partial charge on any atom is 0.418 e. The summed E-state index contributed by atoms with van der Waals surface area (Å²) in [6.45, 7) is 2.39. The van der Waals surface area contributed by atoms with E-state index in [-0.39, 0.29) is 6.54 Å². The van der Waals surface area contributed by atoms with E-state index >= 15 is 0 Å². The molecule has 1 aromatic carbocycles. The summed E-state index contributed by atoms with van der Waals surface area (Å²) >= 11 is 0. The van der Waals surface area contributed by atoms with Gasteiger partial charge in [-0.2, -0.15) is 13.2 Å². The fraction of sp³-hybridized carbons (Fsp3) is 0.625. The van der Waals surface area contributed by atoms with E-state index in [0.29, 0.717) is 19.1 Å². The molecule has 0 unspecified atom stereocenters. The number of alkyl halides is 3. The van der Waals surface area contributed by atoms with Crippen LogP contribution in [-0.4, -0.2) is 47.5 Å². The second-order valence-electron chi connectivity index (χ2n) is 6.19. The van der Waals surface area contributed by atoms with Crippen LogP contribution < -0.4 is 5.32 Å². The second kappa shape index (κ2) is 6.98. The van der Waals surface area contributed by atoms with Gasteiger partial charge in [0, 0.05) is 19.1 Å². The molecule has 0 aliphatic carbocycles. The topological polar surface area (TPSA) is 35.5 Å². The highest BCUT2D eigenvalue weighted by Crippen LogP contribution is 2.31. The number of rotatable bonds is 5. The van der Waals surface area contributed by atoms with E-state index in [1.54, 1.807) is 4.90 Å². The largest absolute Gasteiger partial charge is 0.418 e. The molecule has 1 heterocycles. The first-order chi connectivity index (χ1) is 10.3. The molecule has 0 spiro atoms. The SMILES string of the molecule is C[C@@](O)(CN1CCC(NCc2ccccc2)CC1)C(F)(F)F. The summed E-state index contributed by atoms with van der Waals surface area (Å²) in [5.74, 6) is 0. The maximum absolute atomic E-state index is 12.7. The number of halogens is 3. The van der Waals surface area contributed by atoms with Gasteiger partial charge < -0.3 is 15.3 Å². The zero-order valence-corrected chi connectivity index (χ0v) is 12.7. The van der Waals surface area contributed by atoms with Crippen molar-refractivity contribution in [3.05, 3.63) is 35.9 Å². The molecule has 0 bridgehead atoms. The number of hydrogen-bond donors (Lipinski definition) is 2. The van der Waals surface area contributed by atoms with Crippen molar-refractivity contribution in [2.75, 3.05) is 19.6 Å². The van der Waals surface area contributed by atoms with Gasteiger partial charge >= 0.3 is 6.18 Å². The van der Waals surface area contributed by atoms with Crippen LogP contribution in [0.5, 0.6) is 0 Å². The molecular weight excluding hydrogens is 293 g/mol. The highest BCUT2D eigenvalue weighted by molar-refractivity contribution is 5.14. The number of hydrogen-bond acceptors (Lipinski definition) is 3. The van der Waals surface area contributed by atoms with Crippen LogP contribution in [0.2, 0.25) is 0 Å². The number of benzene rings is 1. The van der Waals surface area contributed by atoms with Crippen LogP contribution in [0.15, 0.2) is 30.3 Å². The van der Waals surface area contributed by atoms with Gasteiger partial charge in [0.1, 0.15) is 0 Å². The van der Waals surface area contributed by atoms with E-state index in [4.69, 9.17) is 0 Å². The van der Waals surface area contributed by atoms with E-state index in [9.17, 15) is 18.3 Å². The number of piperidine rings is 1. The molecule has 1 aromatic rings. The Morgan fingerprint density at radius 3 is 2.32 bits per heavy atom.